The summed E-state index contributed by atoms with van der Waals surface area (Å²) in [6, 6.07) is 13.0. The molecule has 0 N–H and O–H groups in total. The number of Topliss-reactive ketones (excluding diaryl/α,β-unsaturated/α-hetero) is 1. The fourth-order valence-corrected chi connectivity index (χ4v) is 2.78. The topological polar surface area (TPSA) is 17.1 Å². The molecule has 0 amide bonds. The molecule has 0 aliphatic heterocycles. The van der Waals surface area contributed by atoms with E-state index in [0.717, 1.165) is 4.90 Å². The van der Waals surface area contributed by atoms with Crippen molar-refractivity contribution in [2.45, 2.75) is 17.1 Å². The lowest BCUT2D eigenvalue weighted by Crippen LogP contribution is -2.13. The van der Waals surface area contributed by atoms with Crippen LogP contribution in [0.4, 0.5) is 4.39 Å². The van der Waals surface area contributed by atoms with E-state index in [-0.39, 0.29) is 16.9 Å². The van der Waals surface area contributed by atoms with Gasteiger partial charge in [0.05, 0.1) is 5.25 Å². The van der Waals surface area contributed by atoms with Crippen LogP contribution in [0.2, 0.25) is 5.02 Å². The van der Waals surface area contributed by atoms with Crippen LogP contribution in [0.3, 0.4) is 0 Å². The van der Waals surface area contributed by atoms with Crippen molar-refractivity contribution in [3.63, 3.8) is 0 Å². The second-order valence-electron chi connectivity index (χ2n) is 4.09. The number of ketones is 1. The lowest BCUT2D eigenvalue weighted by molar-refractivity contribution is 0.0994. The molecule has 2 aromatic carbocycles. The van der Waals surface area contributed by atoms with Crippen LogP contribution in [0.15, 0.2) is 53.4 Å². The maximum absolute atomic E-state index is 12.8. The first kappa shape index (κ1) is 14.1. The summed E-state index contributed by atoms with van der Waals surface area (Å²) < 4.78 is 12.8. The number of hydrogen-bond donors (Lipinski definition) is 0. The average Bonchev–Trinajstić information content (AvgIpc) is 2.40. The Morgan fingerprint density at radius 1 is 1.21 bits per heavy atom. The van der Waals surface area contributed by atoms with Crippen molar-refractivity contribution in [2.24, 2.45) is 0 Å². The molecule has 0 aliphatic carbocycles. The predicted octanol–water partition coefficient (Wildman–Crippen LogP) is 4.84. The van der Waals surface area contributed by atoms with Crippen LogP contribution in [0.25, 0.3) is 0 Å². The number of halogens is 2. The third-order valence-electron chi connectivity index (χ3n) is 2.60. The van der Waals surface area contributed by atoms with Crippen LogP contribution < -0.4 is 0 Å². The minimum Gasteiger partial charge on any atom is -0.293 e. The number of carbonyl (C=O) groups excluding carboxylic acids is 1. The number of hydrogen-bond acceptors (Lipinski definition) is 2. The van der Waals surface area contributed by atoms with Crippen LogP contribution in [0.5, 0.6) is 0 Å². The molecule has 4 heteroatoms. The molecule has 0 saturated heterocycles. The van der Waals surface area contributed by atoms with Crippen molar-refractivity contribution >= 4 is 29.1 Å². The Bertz CT molecular complexity index is 583. The first-order valence-corrected chi connectivity index (χ1v) is 7.04. The zero-order valence-electron chi connectivity index (χ0n) is 10.3. The van der Waals surface area contributed by atoms with Gasteiger partial charge >= 0.3 is 0 Å². The minimum atomic E-state index is -0.279. The fraction of sp³-hybridized carbons (Fsp3) is 0.133. The lowest BCUT2D eigenvalue weighted by Gasteiger charge is -2.10. The van der Waals surface area contributed by atoms with Gasteiger partial charge in [-0.05, 0) is 43.3 Å². The molecule has 2 rings (SSSR count). The third-order valence-corrected chi connectivity index (χ3v) is 3.95. The highest BCUT2D eigenvalue weighted by Crippen LogP contribution is 2.26. The van der Waals surface area contributed by atoms with Crippen LogP contribution in [0, 0.1) is 5.82 Å². The molecule has 1 atom stereocenters. The van der Waals surface area contributed by atoms with E-state index in [1.54, 1.807) is 36.4 Å². The standard InChI is InChI=1S/C15H12ClFOS/c1-10(19-14-7-5-13(17)6-8-14)15(18)11-3-2-4-12(16)9-11/h2-10H,1H3. The molecule has 0 spiro atoms. The van der Waals surface area contributed by atoms with Crippen molar-refractivity contribution in [3.8, 4) is 0 Å². The van der Waals surface area contributed by atoms with Gasteiger partial charge in [0, 0.05) is 15.5 Å². The Kier molecular flexibility index (Phi) is 4.61. The van der Waals surface area contributed by atoms with E-state index in [0.29, 0.717) is 10.6 Å². The summed E-state index contributed by atoms with van der Waals surface area (Å²) in [7, 11) is 0. The van der Waals surface area contributed by atoms with Crippen molar-refractivity contribution < 1.29 is 9.18 Å². The number of benzene rings is 2. The highest BCUT2D eigenvalue weighted by molar-refractivity contribution is 8.00. The third kappa shape index (κ3) is 3.82. The zero-order chi connectivity index (χ0) is 13.8. The van der Waals surface area contributed by atoms with Crippen LogP contribution in [-0.2, 0) is 0 Å². The van der Waals surface area contributed by atoms with Gasteiger partial charge in [0.1, 0.15) is 5.82 Å². The molecule has 1 unspecified atom stereocenters. The van der Waals surface area contributed by atoms with E-state index in [4.69, 9.17) is 11.6 Å². The summed E-state index contributed by atoms with van der Waals surface area (Å²) >= 11 is 7.27. The summed E-state index contributed by atoms with van der Waals surface area (Å²) in [6.07, 6.45) is 0. The SMILES string of the molecule is CC(Sc1ccc(F)cc1)C(=O)c1cccc(Cl)c1. The van der Waals surface area contributed by atoms with Gasteiger partial charge in [0.2, 0.25) is 0 Å². The molecule has 19 heavy (non-hydrogen) atoms. The van der Waals surface area contributed by atoms with Crippen molar-refractivity contribution in [1.29, 1.82) is 0 Å². The highest BCUT2D eigenvalue weighted by atomic mass is 35.5. The maximum atomic E-state index is 12.8. The molecule has 0 aromatic heterocycles. The number of thioether (sulfide) groups is 1. The molecule has 0 bridgehead atoms. The largest absolute Gasteiger partial charge is 0.293 e. The first-order valence-electron chi connectivity index (χ1n) is 5.78. The average molecular weight is 295 g/mol. The summed E-state index contributed by atoms with van der Waals surface area (Å²) in [5.74, 6) is -0.269. The van der Waals surface area contributed by atoms with Crippen molar-refractivity contribution in [2.75, 3.05) is 0 Å². The van der Waals surface area contributed by atoms with Gasteiger partial charge in [-0.15, -0.1) is 11.8 Å². The van der Waals surface area contributed by atoms with E-state index >= 15 is 0 Å². The Labute approximate surface area is 120 Å². The predicted molar refractivity (Wildman–Crippen MR) is 77.5 cm³/mol. The highest BCUT2D eigenvalue weighted by Gasteiger charge is 2.16. The van der Waals surface area contributed by atoms with Gasteiger partial charge in [-0.25, -0.2) is 4.39 Å². The summed E-state index contributed by atoms with van der Waals surface area (Å²) in [5, 5.41) is 0.300. The first-order chi connectivity index (χ1) is 9.06. The van der Waals surface area contributed by atoms with Crippen LogP contribution in [0.1, 0.15) is 17.3 Å². The van der Waals surface area contributed by atoms with E-state index in [2.05, 4.69) is 0 Å². The number of rotatable bonds is 4. The Morgan fingerprint density at radius 2 is 1.89 bits per heavy atom. The Hall–Kier alpha value is -1.32. The van der Waals surface area contributed by atoms with Gasteiger partial charge in [-0.3, -0.25) is 4.79 Å². The smallest absolute Gasteiger partial charge is 0.175 e. The molecule has 0 heterocycles. The zero-order valence-corrected chi connectivity index (χ0v) is 11.8. The van der Waals surface area contributed by atoms with E-state index in [1.807, 2.05) is 6.92 Å². The van der Waals surface area contributed by atoms with Gasteiger partial charge in [0.25, 0.3) is 0 Å². The molecule has 0 fully saturated rings. The maximum Gasteiger partial charge on any atom is 0.175 e. The normalized spacial score (nSPS) is 12.2. The van der Waals surface area contributed by atoms with Crippen LogP contribution in [-0.4, -0.2) is 11.0 Å². The molecule has 98 valence electrons. The molecule has 2 aromatic rings. The van der Waals surface area contributed by atoms with Gasteiger partial charge < -0.3 is 0 Å². The second kappa shape index (κ2) is 6.22. The summed E-state index contributed by atoms with van der Waals surface area (Å²) in [4.78, 5) is 13.1. The molecule has 0 saturated carbocycles. The molecular formula is C15H12ClFOS. The summed E-state index contributed by atoms with van der Waals surface area (Å²) in [6.45, 7) is 1.83. The van der Waals surface area contributed by atoms with Crippen LogP contribution >= 0.6 is 23.4 Å². The fourth-order valence-electron chi connectivity index (χ4n) is 1.65. The Morgan fingerprint density at radius 3 is 2.53 bits per heavy atom. The van der Waals surface area contributed by atoms with Gasteiger partial charge in [-0.1, -0.05) is 23.7 Å². The molecule has 0 radical (unpaired) electrons. The summed E-state index contributed by atoms with van der Waals surface area (Å²) in [5.41, 5.74) is 0.592. The lowest BCUT2D eigenvalue weighted by atomic mass is 10.1. The second-order valence-corrected chi connectivity index (χ2v) is 5.94. The van der Waals surface area contributed by atoms with Gasteiger partial charge in [-0.2, -0.15) is 0 Å². The number of carbonyl (C=O) groups is 1. The molecule has 0 aliphatic rings. The van der Waals surface area contributed by atoms with Crippen molar-refractivity contribution in [1.82, 2.24) is 0 Å². The molecule has 1 nitrogen and oxygen atoms in total. The molecular weight excluding hydrogens is 283 g/mol. The Balaban J connectivity index is 2.09. The monoisotopic (exact) mass is 294 g/mol. The van der Waals surface area contributed by atoms with E-state index < -0.39 is 0 Å². The van der Waals surface area contributed by atoms with E-state index in [1.165, 1.54) is 23.9 Å². The van der Waals surface area contributed by atoms with Crippen molar-refractivity contribution in [3.05, 3.63) is 64.9 Å². The van der Waals surface area contributed by atoms with Gasteiger partial charge in [0.15, 0.2) is 5.78 Å². The quantitative estimate of drug-likeness (QED) is 0.593. The van der Waals surface area contributed by atoms with E-state index in [9.17, 15) is 9.18 Å². The minimum absolute atomic E-state index is 0.0109.